The van der Waals surface area contributed by atoms with E-state index in [-0.39, 0.29) is 10.6 Å². The minimum absolute atomic E-state index is 0.117. The topological polar surface area (TPSA) is 89.3 Å². The fourth-order valence-corrected chi connectivity index (χ4v) is 1.87. The van der Waals surface area contributed by atoms with Crippen LogP contribution in [0, 0.1) is 0 Å². The molecule has 0 saturated carbocycles. The van der Waals surface area contributed by atoms with E-state index in [0.29, 0.717) is 25.9 Å². The lowest BCUT2D eigenvalue weighted by molar-refractivity contribution is 0.0697. The van der Waals surface area contributed by atoms with Crippen LogP contribution in [0.25, 0.3) is 0 Å². The van der Waals surface area contributed by atoms with Gasteiger partial charge >= 0.3 is 5.97 Å². The van der Waals surface area contributed by atoms with Gasteiger partial charge in [-0.2, -0.15) is 0 Å². The monoisotopic (exact) mass is 242 g/mol. The van der Waals surface area contributed by atoms with Gasteiger partial charge in [-0.1, -0.05) is 11.6 Å². The Labute approximate surface area is 99.2 Å². The van der Waals surface area contributed by atoms with Crippen LogP contribution in [0.2, 0.25) is 5.02 Å². The van der Waals surface area contributed by atoms with E-state index < -0.39 is 5.97 Å². The molecule has 0 saturated heterocycles. The molecule has 0 fully saturated rings. The quantitative estimate of drug-likeness (QED) is 0.720. The maximum atomic E-state index is 10.9. The highest BCUT2D eigenvalue weighted by molar-refractivity contribution is 6.33. The standard InChI is InChI=1S/C11H15ClN2O2/c12-10-6-8(2-4-14)7(1-3-13)5-9(10)11(15)16/h5-6H,1-4,13-14H2,(H,15,16). The summed E-state index contributed by atoms with van der Waals surface area (Å²) in [4.78, 5) is 10.9. The molecule has 0 atom stereocenters. The lowest BCUT2D eigenvalue weighted by Gasteiger charge is -2.10. The van der Waals surface area contributed by atoms with E-state index in [2.05, 4.69) is 0 Å². The van der Waals surface area contributed by atoms with Gasteiger partial charge in [-0.25, -0.2) is 4.79 Å². The van der Waals surface area contributed by atoms with Crippen LogP contribution in [-0.2, 0) is 12.8 Å². The molecule has 4 nitrogen and oxygen atoms in total. The number of rotatable bonds is 5. The third-order valence-corrected chi connectivity index (χ3v) is 2.66. The summed E-state index contributed by atoms with van der Waals surface area (Å²) in [7, 11) is 0. The van der Waals surface area contributed by atoms with Crippen molar-refractivity contribution < 1.29 is 9.90 Å². The summed E-state index contributed by atoms with van der Waals surface area (Å²) in [5.74, 6) is -1.03. The molecule has 0 spiro atoms. The summed E-state index contributed by atoms with van der Waals surface area (Å²) >= 11 is 5.88. The maximum absolute atomic E-state index is 10.9. The van der Waals surface area contributed by atoms with Crippen molar-refractivity contribution in [3.05, 3.63) is 33.8 Å². The van der Waals surface area contributed by atoms with E-state index in [0.717, 1.165) is 11.1 Å². The molecule has 88 valence electrons. The van der Waals surface area contributed by atoms with E-state index in [1.807, 2.05) is 0 Å². The molecule has 1 aromatic carbocycles. The first kappa shape index (κ1) is 13.0. The number of aromatic carboxylic acids is 1. The van der Waals surface area contributed by atoms with Crippen LogP contribution in [0.5, 0.6) is 0 Å². The average molecular weight is 243 g/mol. The Morgan fingerprint density at radius 2 is 1.69 bits per heavy atom. The Balaban J connectivity index is 3.19. The van der Waals surface area contributed by atoms with Crippen LogP contribution in [0.15, 0.2) is 12.1 Å². The van der Waals surface area contributed by atoms with Gasteiger partial charge in [0, 0.05) is 0 Å². The van der Waals surface area contributed by atoms with Crippen molar-refractivity contribution >= 4 is 17.6 Å². The van der Waals surface area contributed by atoms with Crippen LogP contribution in [0.3, 0.4) is 0 Å². The Kier molecular flexibility index (Phi) is 4.73. The maximum Gasteiger partial charge on any atom is 0.337 e. The number of hydrogen-bond donors (Lipinski definition) is 3. The first-order valence-electron chi connectivity index (χ1n) is 5.05. The lowest BCUT2D eigenvalue weighted by atomic mass is 9.99. The zero-order valence-corrected chi connectivity index (χ0v) is 9.63. The Bertz CT molecular complexity index is 394. The molecule has 0 aliphatic carbocycles. The van der Waals surface area contributed by atoms with Gasteiger partial charge in [-0.05, 0) is 49.2 Å². The highest BCUT2D eigenvalue weighted by Crippen LogP contribution is 2.22. The molecule has 0 unspecified atom stereocenters. The number of carbonyl (C=O) groups is 1. The van der Waals surface area contributed by atoms with Crippen molar-refractivity contribution in [2.24, 2.45) is 11.5 Å². The molecule has 5 N–H and O–H groups in total. The SMILES string of the molecule is NCCc1cc(Cl)c(C(=O)O)cc1CCN. The predicted molar refractivity (Wildman–Crippen MR) is 63.9 cm³/mol. The zero-order chi connectivity index (χ0) is 12.1. The number of halogens is 1. The molecule has 0 aliphatic heterocycles. The van der Waals surface area contributed by atoms with Crippen LogP contribution < -0.4 is 11.5 Å². The summed E-state index contributed by atoms with van der Waals surface area (Å²) < 4.78 is 0. The minimum atomic E-state index is -1.03. The first-order chi connectivity index (χ1) is 7.60. The van der Waals surface area contributed by atoms with Gasteiger partial charge < -0.3 is 16.6 Å². The van der Waals surface area contributed by atoms with Crippen molar-refractivity contribution in [1.82, 2.24) is 0 Å². The number of benzene rings is 1. The fraction of sp³-hybridized carbons (Fsp3) is 0.364. The molecule has 0 heterocycles. The second-order valence-electron chi connectivity index (χ2n) is 3.48. The summed E-state index contributed by atoms with van der Waals surface area (Å²) in [5.41, 5.74) is 13.0. The molecule has 0 amide bonds. The van der Waals surface area contributed by atoms with Crippen molar-refractivity contribution in [3.8, 4) is 0 Å². The summed E-state index contributed by atoms with van der Waals surface area (Å²) in [6.07, 6.45) is 1.31. The van der Waals surface area contributed by atoms with Gasteiger partial charge in [0.2, 0.25) is 0 Å². The number of nitrogens with two attached hydrogens (primary N) is 2. The van der Waals surface area contributed by atoms with Crippen molar-refractivity contribution in [1.29, 1.82) is 0 Å². The van der Waals surface area contributed by atoms with Crippen LogP contribution >= 0.6 is 11.6 Å². The number of carboxylic acids is 1. The summed E-state index contributed by atoms with van der Waals surface area (Å²) in [5, 5.41) is 9.19. The van der Waals surface area contributed by atoms with E-state index in [1.165, 1.54) is 0 Å². The molecule has 1 aromatic rings. The third-order valence-electron chi connectivity index (χ3n) is 2.35. The Morgan fingerprint density at radius 1 is 1.19 bits per heavy atom. The fourth-order valence-electron chi connectivity index (χ4n) is 1.60. The average Bonchev–Trinajstić information content (AvgIpc) is 2.22. The van der Waals surface area contributed by atoms with Crippen molar-refractivity contribution in [3.63, 3.8) is 0 Å². The van der Waals surface area contributed by atoms with E-state index in [4.69, 9.17) is 28.2 Å². The summed E-state index contributed by atoms with van der Waals surface area (Å²) in [6.45, 7) is 0.971. The molecule has 5 heteroatoms. The van der Waals surface area contributed by atoms with E-state index >= 15 is 0 Å². The Hall–Kier alpha value is -1.10. The first-order valence-corrected chi connectivity index (χ1v) is 5.42. The molecule has 16 heavy (non-hydrogen) atoms. The second kappa shape index (κ2) is 5.84. The van der Waals surface area contributed by atoms with Crippen molar-refractivity contribution in [2.45, 2.75) is 12.8 Å². The molecule has 1 rings (SSSR count). The highest BCUT2D eigenvalue weighted by Gasteiger charge is 2.12. The van der Waals surface area contributed by atoms with Gasteiger partial charge in [0.25, 0.3) is 0 Å². The molecule has 0 radical (unpaired) electrons. The van der Waals surface area contributed by atoms with Gasteiger partial charge in [-0.15, -0.1) is 0 Å². The van der Waals surface area contributed by atoms with Gasteiger partial charge in [0.05, 0.1) is 10.6 Å². The molecule has 0 aliphatic rings. The van der Waals surface area contributed by atoms with Gasteiger partial charge in [-0.3, -0.25) is 0 Å². The van der Waals surface area contributed by atoms with Gasteiger partial charge in [0.1, 0.15) is 0 Å². The zero-order valence-electron chi connectivity index (χ0n) is 8.87. The number of carboxylic acid groups (broad SMARTS) is 1. The molecular weight excluding hydrogens is 228 g/mol. The normalized spacial score (nSPS) is 10.4. The van der Waals surface area contributed by atoms with Crippen LogP contribution in [0.1, 0.15) is 21.5 Å². The van der Waals surface area contributed by atoms with Gasteiger partial charge in [0.15, 0.2) is 0 Å². The molecule has 0 bridgehead atoms. The van der Waals surface area contributed by atoms with Crippen LogP contribution in [-0.4, -0.2) is 24.2 Å². The largest absolute Gasteiger partial charge is 0.478 e. The lowest BCUT2D eigenvalue weighted by Crippen LogP contribution is -2.11. The molecular formula is C11H15ClN2O2. The predicted octanol–water partition coefficient (Wildman–Crippen LogP) is 1.04. The number of hydrogen-bond acceptors (Lipinski definition) is 3. The molecule has 0 aromatic heterocycles. The van der Waals surface area contributed by atoms with Crippen molar-refractivity contribution in [2.75, 3.05) is 13.1 Å². The third kappa shape index (κ3) is 2.95. The van der Waals surface area contributed by atoms with Crippen LogP contribution in [0.4, 0.5) is 0 Å². The smallest absolute Gasteiger partial charge is 0.337 e. The summed E-state index contributed by atoms with van der Waals surface area (Å²) in [6, 6.07) is 3.26. The minimum Gasteiger partial charge on any atom is -0.478 e. The Morgan fingerprint density at radius 3 is 2.12 bits per heavy atom. The highest BCUT2D eigenvalue weighted by atomic mass is 35.5. The van der Waals surface area contributed by atoms with E-state index in [9.17, 15) is 4.79 Å². The second-order valence-corrected chi connectivity index (χ2v) is 3.89. The van der Waals surface area contributed by atoms with E-state index in [1.54, 1.807) is 12.1 Å².